The maximum atomic E-state index is 12.6. The van der Waals surface area contributed by atoms with Crippen LogP contribution >= 0.6 is 0 Å². The second-order valence-corrected chi connectivity index (χ2v) is 14.2. The molecule has 1 saturated heterocycles. The van der Waals surface area contributed by atoms with Crippen LogP contribution in [0.5, 0.6) is 0 Å². The molecule has 4 nitrogen and oxygen atoms in total. The Kier molecular flexibility index (Phi) is 8.25. The average molecular weight is 556 g/mol. The zero-order chi connectivity index (χ0) is 27.5. The van der Waals surface area contributed by atoms with Gasteiger partial charge in [-0.05, 0) is 109 Å². The zero-order valence-electron chi connectivity index (χ0n) is 23.3. The fourth-order valence-corrected chi connectivity index (χ4v) is 8.08. The topological polar surface area (TPSA) is 57.6 Å². The van der Waals surface area contributed by atoms with Gasteiger partial charge in [0.2, 0.25) is 0 Å². The van der Waals surface area contributed by atoms with Gasteiger partial charge in [-0.2, -0.15) is 0 Å². The molecule has 0 bridgehead atoms. The summed E-state index contributed by atoms with van der Waals surface area (Å²) in [7, 11) is -3.06. The largest absolute Gasteiger partial charge is 0.396 e. The van der Waals surface area contributed by atoms with E-state index < -0.39 is 9.84 Å². The molecular formula is C35H41NO3S. The van der Waals surface area contributed by atoms with Gasteiger partial charge in [-0.25, -0.2) is 8.42 Å². The Morgan fingerprint density at radius 2 is 1.38 bits per heavy atom. The van der Waals surface area contributed by atoms with Crippen molar-refractivity contribution in [1.29, 1.82) is 0 Å². The van der Waals surface area contributed by atoms with Crippen LogP contribution in [-0.4, -0.2) is 49.4 Å². The van der Waals surface area contributed by atoms with Gasteiger partial charge in [0, 0.05) is 12.6 Å². The van der Waals surface area contributed by atoms with E-state index in [1.807, 2.05) is 18.2 Å². The van der Waals surface area contributed by atoms with Gasteiger partial charge in [0.25, 0.3) is 0 Å². The van der Waals surface area contributed by atoms with Crippen LogP contribution in [0.25, 0.3) is 11.1 Å². The van der Waals surface area contributed by atoms with Crippen LogP contribution in [0.3, 0.4) is 0 Å². The first-order valence-electron chi connectivity index (χ1n) is 15.1. The number of benzene rings is 3. The van der Waals surface area contributed by atoms with Gasteiger partial charge in [0.1, 0.15) is 0 Å². The molecule has 5 heteroatoms. The highest BCUT2D eigenvalue weighted by Crippen LogP contribution is 2.38. The molecule has 3 fully saturated rings. The van der Waals surface area contributed by atoms with E-state index in [9.17, 15) is 13.5 Å². The van der Waals surface area contributed by atoms with Crippen LogP contribution < -0.4 is 0 Å². The average Bonchev–Trinajstić information content (AvgIpc) is 3.90. The highest BCUT2D eigenvalue weighted by molar-refractivity contribution is 7.91. The minimum absolute atomic E-state index is 0.112. The molecule has 0 unspecified atom stereocenters. The molecule has 3 aliphatic rings. The number of likely N-dealkylation sites (tertiary alicyclic amines) is 1. The van der Waals surface area contributed by atoms with Crippen molar-refractivity contribution in [2.75, 3.05) is 19.7 Å². The standard InChI is InChI=1S/C35H41NO3S/c37-24-4-7-34(29-5-2-1-3-6-29)35(30-10-8-26(9-11-30)25-40(38,39)33-18-19-33)31-14-12-27(13-15-31)28-20-22-36(23-21-28)32-16-17-32/h1-3,5-6,8-15,28,32-33,37H,4,7,16-25H2/b35-34-. The Morgan fingerprint density at radius 3 is 1.95 bits per heavy atom. The van der Waals surface area contributed by atoms with Crippen LogP contribution in [0.2, 0.25) is 0 Å². The van der Waals surface area contributed by atoms with E-state index in [4.69, 9.17) is 0 Å². The van der Waals surface area contributed by atoms with Gasteiger partial charge in [-0.3, -0.25) is 0 Å². The fourth-order valence-electron chi connectivity index (χ4n) is 6.33. The summed E-state index contributed by atoms with van der Waals surface area (Å²) < 4.78 is 25.2. The minimum atomic E-state index is -3.06. The van der Waals surface area contributed by atoms with E-state index in [0.717, 1.165) is 53.1 Å². The highest BCUT2D eigenvalue weighted by Gasteiger charge is 2.35. The molecule has 1 heterocycles. The molecule has 0 amide bonds. The van der Waals surface area contributed by atoms with E-state index in [2.05, 4.69) is 65.6 Å². The van der Waals surface area contributed by atoms with E-state index in [1.165, 1.54) is 49.9 Å². The van der Waals surface area contributed by atoms with Crippen LogP contribution in [0.4, 0.5) is 0 Å². The molecule has 0 radical (unpaired) electrons. The highest BCUT2D eigenvalue weighted by atomic mass is 32.2. The van der Waals surface area contributed by atoms with Crippen molar-refractivity contribution >= 4 is 21.0 Å². The third kappa shape index (κ3) is 6.43. The Labute approximate surface area is 239 Å². The van der Waals surface area contributed by atoms with E-state index in [1.54, 1.807) is 0 Å². The van der Waals surface area contributed by atoms with Gasteiger partial charge in [-0.15, -0.1) is 0 Å². The molecule has 6 rings (SSSR count). The predicted octanol–water partition coefficient (Wildman–Crippen LogP) is 6.84. The molecule has 2 saturated carbocycles. The molecule has 0 aromatic heterocycles. The molecule has 40 heavy (non-hydrogen) atoms. The molecule has 3 aromatic carbocycles. The summed E-state index contributed by atoms with van der Waals surface area (Å²) in [6, 6.07) is 28.6. The molecule has 3 aromatic rings. The number of hydrogen-bond donors (Lipinski definition) is 1. The summed E-state index contributed by atoms with van der Waals surface area (Å²) in [6.45, 7) is 2.56. The van der Waals surface area contributed by atoms with Gasteiger partial charge >= 0.3 is 0 Å². The number of piperidine rings is 1. The van der Waals surface area contributed by atoms with Gasteiger partial charge < -0.3 is 10.0 Å². The molecule has 0 spiro atoms. The first-order chi connectivity index (χ1) is 19.5. The summed E-state index contributed by atoms with van der Waals surface area (Å²) in [5.41, 5.74) is 8.03. The lowest BCUT2D eigenvalue weighted by Gasteiger charge is -2.32. The lowest BCUT2D eigenvalue weighted by molar-refractivity contribution is 0.203. The third-order valence-electron chi connectivity index (χ3n) is 8.92. The quantitative estimate of drug-likeness (QED) is 0.263. The maximum absolute atomic E-state index is 12.6. The van der Waals surface area contributed by atoms with Gasteiger partial charge in [0.05, 0.1) is 11.0 Å². The van der Waals surface area contributed by atoms with Crippen LogP contribution in [0, 0.1) is 0 Å². The summed E-state index contributed by atoms with van der Waals surface area (Å²) >= 11 is 0. The number of rotatable bonds is 11. The molecule has 1 N–H and O–H groups in total. The number of aliphatic hydroxyl groups excluding tert-OH is 1. The van der Waals surface area contributed by atoms with E-state index in [-0.39, 0.29) is 17.6 Å². The second-order valence-electron chi connectivity index (χ2n) is 11.9. The Bertz CT molecular complexity index is 1410. The van der Waals surface area contributed by atoms with Gasteiger partial charge in [0.15, 0.2) is 9.84 Å². The lowest BCUT2D eigenvalue weighted by Crippen LogP contribution is -2.34. The first-order valence-corrected chi connectivity index (χ1v) is 16.8. The monoisotopic (exact) mass is 555 g/mol. The fraction of sp³-hybridized carbons (Fsp3) is 0.429. The summed E-state index contributed by atoms with van der Waals surface area (Å²) in [5.74, 6) is 0.730. The number of aliphatic hydroxyl groups is 1. The SMILES string of the molecule is O=S(=O)(Cc1ccc(/C(=C(\CCCO)c2ccccc2)c2ccc(C3CCN(C4CC4)CC3)cc2)cc1)C1CC1. The molecule has 2 aliphatic carbocycles. The summed E-state index contributed by atoms with van der Waals surface area (Å²) in [5, 5.41) is 9.59. The number of hydrogen-bond acceptors (Lipinski definition) is 4. The molecule has 210 valence electrons. The van der Waals surface area contributed by atoms with Crippen LogP contribution in [0.15, 0.2) is 78.9 Å². The first kappa shape index (κ1) is 27.4. The predicted molar refractivity (Wildman–Crippen MR) is 164 cm³/mol. The second kappa shape index (κ2) is 12.0. The third-order valence-corrected chi connectivity index (χ3v) is 11.1. The number of nitrogens with zero attached hydrogens (tertiary/aromatic N) is 1. The summed E-state index contributed by atoms with van der Waals surface area (Å²) in [6.07, 6.45) is 8.27. The van der Waals surface area contributed by atoms with Crippen LogP contribution in [-0.2, 0) is 15.6 Å². The van der Waals surface area contributed by atoms with Crippen molar-refractivity contribution in [3.63, 3.8) is 0 Å². The van der Waals surface area contributed by atoms with Crippen molar-refractivity contribution in [3.05, 3.63) is 107 Å². The molecule has 0 atom stereocenters. The Morgan fingerprint density at radius 1 is 0.750 bits per heavy atom. The molecule has 1 aliphatic heterocycles. The van der Waals surface area contributed by atoms with Crippen molar-refractivity contribution in [2.24, 2.45) is 0 Å². The smallest absolute Gasteiger partial charge is 0.157 e. The maximum Gasteiger partial charge on any atom is 0.157 e. The Hall–Kier alpha value is -2.73. The number of allylic oxidation sites excluding steroid dienone is 1. The van der Waals surface area contributed by atoms with Crippen molar-refractivity contribution in [2.45, 2.75) is 74.3 Å². The van der Waals surface area contributed by atoms with Crippen molar-refractivity contribution < 1.29 is 13.5 Å². The van der Waals surface area contributed by atoms with E-state index >= 15 is 0 Å². The van der Waals surface area contributed by atoms with Crippen LogP contribution in [0.1, 0.15) is 85.1 Å². The van der Waals surface area contributed by atoms with E-state index in [0.29, 0.717) is 12.3 Å². The minimum Gasteiger partial charge on any atom is -0.396 e. The van der Waals surface area contributed by atoms with Crippen molar-refractivity contribution in [3.8, 4) is 0 Å². The van der Waals surface area contributed by atoms with Gasteiger partial charge in [-0.1, -0.05) is 78.9 Å². The normalized spacial score (nSPS) is 19.4. The lowest BCUT2D eigenvalue weighted by atomic mass is 9.84. The molecular weight excluding hydrogens is 514 g/mol. The zero-order valence-corrected chi connectivity index (χ0v) is 24.2. The summed E-state index contributed by atoms with van der Waals surface area (Å²) in [4.78, 5) is 2.68. The number of sulfone groups is 1. The van der Waals surface area contributed by atoms with Crippen molar-refractivity contribution in [1.82, 2.24) is 4.90 Å². The Balaban J connectivity index is 1.33.